The minimum absolute atomic E-state index is 0.138. The van der Waals surface area contributed by atoms with Crippen LogP contribution in [-0.2, 0) is 27.4 Å². The topological polar surface area (TPSA) is 146 Å². The van der Waals surface area contributed by atoms with Gasteiger partial charge in [0, 0.05) is 11.3 Å². The molecule has 1 atom stereocenters. The molecule has 1 aliphatic heterocycles. The Bertz CT molecular complexity index is 1760. The molecule has 0 saturated heterocycles. The van der Waals surface area contributed by atoms with Crippen LogP contribution in [0, 0.1) is 5.82 Å². The van der Waals surface area contributed by atoms with Crippen molar-refractivity contribution in [1.82, 2.24) is 16.1 Å². The van der Waals surface area contributed by atoms with Gasteiger partial charge in [0.2, 0.25) is 0 Å². The largest absolute Gasteiger partial charge is 0.493 e. The lowest BCUT2D eigenvalue weighted by Crippen LogP contribution is -2.45. The fraction of sp³-hybridized carbons (Fsp3) is 0.278. The summed E-state index contributed by atoms with van der Waals surface area (Å²) < 4.78 is 41.9. The maximum atomic E-state index is 13.7. The summed E-state index contributed by atoms with van der Waals surface area (Å²) in [6.45, 7) is 9.28. The lowest BCUT2D eigenvalue weighted by Gasteiger charge is -2.28. The van der Waals surface area contributed by atoms with Crippen LogP contribution in [-0.4, -0.2) is 51.1 Å². The molecule has 0 unspecified atom stereocenters. The van der Waals surface area contributed by atoms with E-state index in [1.54, 1.807) is 56.3 Å². The number of benzene rings is 3. The Morgan fingerprint density at radius 3 is 2.55 bits per heavy atom. The first-order valence-electron chi connectivity index (χ1n) is 15.5. The number of allylic oxidation sites excluding steroid dienone is 2. The molecule has 3 aromatic carbocycles. The number of hydrogen-bond acceptors (Lipinski definition) is 9. The predicted octanol–water partition coefficient (Wildman–Crippen LogP) is 5.26. The van der Waals surface area contributed by atoms with Gasteiger partial charge >= 0.3 is 12.0 Å². The van der Waals surface area contributed by atoms with Gasteiger partial charge in [0.1, 0.15) is 12.4 Å². The van der Waals surface area contributed by atoms with Crippen LogP contribution >= 0.6 is 0 Å². The Hall–Kier alpha value is -5.85. The van der Waals surface area contributed by atoms with Gasteiger partial charge in [0.15, 0.2) is 29.6 Å². The van der Waals surface area contributed by atoms with Gasteiger partial charge in [0.25, 0.3) is 5.91 Å². The van der Waals surface area contributed by atoms with E-state index in [0.717, 1.165) is 5.56 Å². The molecule has 1 aliphatic rings. The number of urea groups is 1. The number of esters is 1. The van der Waals surface area contributed by atoms with Crippen molar-refractivity contribution in [2.45, 2.75) is 39.8 Å². The predicted molar refractivity (Wildman–Crippen MR) is 180 cm³/mol. The maximum Gasteiger partial charge on any atom is 0.338 e. The van der Waals surface area contributed by atoms with E-state index < -0.39 is 23.9 Å². The number of hydrogen-bond donors (Lipinski definition) is 3. The maximum absolute atomic E-state index is 13.7. The van der Waals surface area contributed by atoms with E-state index in [1.165, 1.54) is 25.5 Å². The van der Waals surface area contributed by atoms with Gasteiger partial charge < -0.3 is 34.3 Å². The lowest BCUT2D eigenvalue weighted by atomic mass is 9.95. The second kappa shape index (κ2) is 17.3. The van der Waals surface area contributed by atoms with Gasteiger partial charge in [-0.25, -0.2) is 19.4 Å². The van der Waals surface area contributed by atoms with E-state index in [0.29, 0.717) is 46.9 Å². The van der Waals surface area contributed by atoms with Crippen LogP contribution in [0.5, 0.6) is 23.0 Å². The van der Waals surface area contributed by atoms with Crippen molar-refractivity contribution in [2.75, 3.05) is 26.9 Å². The quantitative estimate of drug-likeness (QED) is 0.0808. The number of halogens is 1. The Morgan fingerprint density at radius 2 is 1.84 bits per heavy atom. The van der Waals surface area contributed by atoms with Gasteiger partial charge in [0.05, 0.1) is 38.2 Å². The molecule has 0 fully saturated rings. The number of carbonyl (C=O) groups is 3. The summed E-state index contributed by atoms with van der Waals surface area (Å²) >= 11 is 0. The van der Waals surface area contributed by atoms with Crippen LogP contribution in [0.4, 0.5) is 9.18 Å². The summed E-state index contributed by atoms with van der Waals surface area (Å²) in [5, 5.41) is 9.39. The zero-order valence-corrected chi connectivity index (χ0v) is 27.8. The van der Waals surface area contributed by atoms with Crippen LogP contribution in [0.15, 0.2) is 83.6 Å². The van der Waals surface area contributed by atoms with Crippen LogP contribution in [0.2, 0.25) is 0 Å². The van der Waals surface area contributed by atoms with Crippen LogP contribution in [0.3, 0.4) is 0 Å². The summed E-state index contributed by atoms with van der Waals surface area (Å²) in [6, 6.07) is 13.3. The van der Waals surface area contributed by atoms with Gasteiger partial charge in [-0.1, -0.05) is 24.3 Å². The highest BCUT2D eigenvalue weighted by Gasteiger charge is 2.32. The first-order valence-corrected chi connectivity index (χ1v) is 15.5. The van der Waals surface area contributed by atoms with Gasteiger partial charge in [-0.2, -0.15) is 5.10 Å². The van der Waals surface area contributed by atoms with Gasteiger partial charge in [-0.05, 0) is 80.3 Å². The van der Waals surface area contributed by atoms with Crippen LogP contribution in [0.25, 0.3) is 0 Å². The number of ether oxygens (including phenoxy) is 5. The zero-order chi connectivity index (χ0) is 35.3. The number of amides is 3. The number of nitrogens with zero attached hydrogens (tertiary/aromatic N) is 1. The van der Waals surface area contributed by atoms with Crippen molar-refractivity contribution in [3.63, 3.8) is 0 Å². The monoisotopic (exact) mass is 674 g/mol. The lowest BCUT2D eigenvalue weighted by molar-refractivity contribution is -0.139. The third-order valence-corrected chi connectivity index (χ3v) is 7.14. The summed E-state index contributed by atoms with van der Waals surface area (Å²) in [6.07, 6.45) is 3.65. The van der Waals surface area contributed by atoms with Crippen molar-refractivity contribution in [2.24, 2.45) is 5.10 Å². The van der Waals surface area contributed by atoms with Crippen LogP contribution in [0.1, 0.15) is 49.1 Å². The average Bonchev–Trinajstić information content (AvgIpc) is 3.07. The van der Waals surface area contributed by atoms with Crippen molar-refractivity contribution >= 4 is 24.1 Å². The van der Waals surface area contributed by atoms with E-state index in [4.69, 9.17) is 23.7 Å². The van der Waals surface area contributed by atoms with Crippen molar-refractivity contribution in [1.29, 1.82) is 0 Å². The Morgan fingerprint density at radius 1 is 1.02 bits per heavy atom. The first-order chi connectivity index (χ1) is 23.7. The summed E-state index contributed by atoms with van der Waals surface area (Å²) in [5.74, 6) is 0.0535. The van der Waals surface area contributed by atoms with E-state index >= 15 is 0 Å². The molecule has 0 aromatic heterocycles. The van der Waals surface area contributed by atoms with Crippen molar-refractivity contribution < 1.29 is 42.5 Å². The highest BCUT2D eigenvalue weighted by Crippen LogP contribution is 2.36. The fourth-order valence-corrected chi connectivity index (χ4v) is 5.03. The average molecular weight is 675 g/mol. The molecule has 3 amide bonds. The Balaban J connectivity index is 1.43. The SMILES string of the molecule is C=CCc1cc(/C=N\NC(=O)COc2ccc([C@H]3NC(=O)NC(C)=C3C(=O)OCC)cc2OC)cc(OCC)c1OCc1cccc(F)c1. The number of carbonyl (C=O) groups excluding carboxylic acids is 3. The van der Waals surface area contributed by atoms with Crippen molar-refractivity contribution in [3.05, 3.63) is 107 Å². The van der Waals surface area contributed by atoms with Gasteiger partial charge in [-0.15, -0.1) is 6.58 Å². The molecule has 1 heterocycles. The van der Waals surface area contributed by atoms with Crippen molar-refractivity contribution in [3.8, 4) is 23.0 Å². The Kier molecular flexibility index (Phi) is 12.7. The molecule has 4 rings (SSSR count). The highest BCUT2D eigenvalue weighted by molar-refractivity contribution is 5.95. The highest BCUT2D eigenvalue weighted by atomic mass is 19.1. The number of methoxy groups -OCH3 is 1. The minimum atomic E-state index is -0.794. The first kappa shape index (κ1) is 36.0. The minimum Gasteiger partial charge on any atom is -0.493 e. The van der Waals surface area contributed by atoms with Gasteiger partial charge in [-0.3, -0.25) is 4.79 Å². The van der Waals surface area contributed by atoms with E-state index in [-0.39, 0.29) is 42.7 Å². The molecule has 12 nitrogen and oxygen atoms in total. The molecule has 0 bridgehead atoms. The molecule has 0 aliphatic carbocycles. The van der Waals surface area contributed by atoms with Crippen LogP contribution < -0.4 is 35.0 Å². The summed E-state index contributed by atoms with van der Waals surface area (Å²) in [7, 11) is 1.43. The molecule has 13 heteroatoms. The second-order valence-electron chi connectivity index (χ2n) is 10.6. The molecule has 0 radical (unpaired) electrons. The summed E-state index contributed by atoms with van der Waals surface area (Å²) in [5.41, 5.74) is 5.68. The van der Waals surface area contributed by atoms with E-state index in [1.807, 2.05) is 13.0 Å². The second-order valence-corrected chi connectivity index (χ2v) is 10.6. The number of hydrazone groups is 1. The van der Waals surface area contributed by atoms with E-state index in [2.05, 4.69) is 27.7 Å². The molecule has 258 valence electrons. The third kappa shape index (κ3) is 9.60. The molecule has 0 saturated carbocycles. The molecular weight excluding hydrogens is 635 g/mol. The number of rotatable bonds is 16. The third-order valence-electron chi connectivity index (χ3n) is 7.14. The molecular formula is C36H39FN4O8. The standard InChI is InChI=1S/C36H39FN4O8/c1-6-10-26-15-24(17-30(46-7-2)34(26)49-20-23-11-9-12-27(37)16-23)19-38-41-31(42)21-48-28-14-13-25(18-29(28)45-5)33-32(35(43)47-8-3)22(4)39-36(44)40-33/h6,9,11-19,33H,1,7-8,10,20-21H2,2-5H3,(H,41,42)(H2,39,40,44)/b38-19-/t33-/m1/s1. The fourth-order valence-electron chi connectivity index (χ4n) is 5.03. The molecule has 3 N–H and O–H groups in total. The summed E-state index contributed by atoms with van der Waals surface area (Å²) in [4.78, 5) is 37.5. The zero-order valence-electron chi connectivity index (χ0n) is 27.8. The smallest absolute Gasteiger partial charge is 0.338 e. The number of nitrogens with one attached hydrogen (secondary N) is 3. The molecule has 49 heavy (non-hydrogen) atoms. The normalized spacial score (nSPS) is 14.1. The van der Waals surface area contributed by atoms with E-state index in [9.17, 15) is 18.8 Å². The molecule has 0 spiro atoms. The Labute approximate surface area is 283 Å². The molecule has 3 aromatic rings.